The molecule has 2 aliphatic rings. The van der Waals surface area contributed by atoms with Gasteiger partial charge in [-0.15, -0.1) is 5.10 Å². The third-order valence-corrected chi connectivity index (χ3v) is 5.63. The molecule has 1 fully saturated rings. The fourth-order valence-corrected chi connectivity index (χ4v) is 3.80. The van der Waals surface area contributed by atoms with E-state index < -0.39 is 0 Å². The van der Waals surface area contributed by atoms with Crippen LogP contribution in [0, 0.1) is 0 Å². The lowest BCUT2D eigenvalue weighted by Crippen LogP contribution is -2.30. The molecule has 0 saturated heterocycles. The average Bonchev–Trinajstić information content (AvgIpc) is 3.22. The SMILES string of the molecule is C[C@@H](c1ccc2c(c1)OCCO2)N(C)C(=O)c1cn(C2CCCCC2)nn1. The van der Waals surface area contributed by atoms with Gasteiger partial charge in [-0.3, -0.25) is 4.79 Å². The summed E-state index contributed by atoms with van der Waals surface area (Å²) >= 11 is 0. The lowest BCUT2D eigenvalue weighted by molar-refractivity contribution is 0.0736. The highest BCUT2D eigenvalue weighted by Crippen LogP contribution is 2.34. The summed E-state index contributed by atoms with van der Waals surface area (Å²) in [6, 6.07) is 6.07. The third-order valence-electron chi connectivity index (χ3n) is 5.63. The Hall–Kier alpha value is -2.57. The first-order chi connectivity index (χ1) is 13.1. The normalized spacial score (nSPS) is 18.1. The highest BCUT2D eigenvalue weighted by atomic mass is 16.6. The van der Waals surface area contributed by atoms with Crippen LogP contribution in [0.5, 0.6) is 11.5 Å². The average molecular weight is 370 g/mol. The van der Waals surface area contributed by atoms with E-state index in [4.69, 9.17) is 9.47 Å². The Kier molecular flexibility index (Phi) is 5.01. The highest BCUT2D eigenvalue weighted by molar-refractivity contribution is 5.92. The van der Waals surface area contributed by atoms with Crippen molar-refractivity contribution < 1.29 is 14.3 Å². The third kappa shape index (κ3) is 3.63. The Labute approximate surface area is 159 Å². The highest BCUT2D eigenvalue weighted by Gasteiger charge is 2.25. The number of carbonyl (C=O) groups is 1. The monoisotopic (exact) mass is 370 g/mol. The number of rotatable bonds is 4. The first-order valence-electron chi connectivity index (χ1n) is 9.72. The summed E-state index contributed by atoms with van der Waals surface area (Å²) in [6.07, 6.45) is 7.74. The van der Waals surface area contributed by atoms with Crippen molar-refractivity contribution in [2.24, 2.45) is 0 Å². The number of carbonyl (C=O) groups excluding carboxylic acids is 1. The number of benzene rings is 1. The molecule has 144 valence electrons. The molecular weight excluding hydrogens is 344 g/mol. The molecule has 1 aromatic carbocycles. The molecule has 2 aromatic rings. The van der Waals surface area contributed by atoms with Gasteiger partial charge < -0.3 is 14.4 Å². The number of aromatic nitrogens is 3. The van der Waals surface area contributed by atoms with Gasteiger partial charge in [0.25, 0.3) is 5.91 Å². The van der Waals surface area contributed by atoms with E-state index >= 15 is 0 Å². The van der Waals surface area contributed by atoms with E-state index in [-0.39, 0.29) is 11.9 Å². The summed E-state index contributed by atoms with van der Waals surface area (Å²) in [5, 5.41) is 8.35. The van der Waals surface area contributed by atoms with E-state index in [0.29, 0.717) is 24.9 Å². The standard InChI is InChI=1S/C20H26N4O3/c1-14(15-8-9-18-19(12-15)27-11-10-26-18)23(2)20(25)17-13-24(22-21-17)16-6-4-3-5-7-16/h8-9,12-14,16H,3-7,10-11H2,1-2H3/t14-/m0/s1. The van der Waals surface area contributed by atoms with Crippen LogP contribution in [0.1, 0.15) is 67.2 Å². The van der Waals surface area contributed by atoms with Crippen LogP contribution in [0.3, 0.4) is 0 Å². The number of hydrogen-bond acceptors (Lipinski definition) is 5. The second-order valence-electron chi connectivity index (χ2n) is 7.37. The van der Waals surface area contributed by atoms with Crippen molar-refractivity contribution in [1.29, 1.82) is 0 Å². The molecule has 0 bridgehead atoms. The van der Waals surface area contributed by atoms with Gasteiger partial charge in [-0.05, 0) is 37.5 Å². The Morgan fingerprint density at radius 3 is 2.70 bits per heavy atom. The number of fused-ring (bicyclic) bond motifs is 1. The van der Waals surface area contributed by atoms with Gasteiger partial charge in [0.05, 0.1) is 18.3 Å². The molecule has 1 aliphatic carbocycles. The molecule has 7 nitrogen and oxygen atoms in total. The van der Waals surface area contributed by atoms with Crippen molar-refractivity contribution in [2.75, 3.05) is 20.3 Å². The van der Waals surface area contributed by atoms with Crippen molar-refractivity contribution in [2.45, 2.75) is 51.1 Å². The molecule has 0 unspecified atom stereocenters. The van der Waals surface area contributed by atoms with Gasteiger partial charge in [-0.1, -0.05) is 30.5 Å². The van der Waals surface area contributed by atoms with E-state index in [1.165, 1.54) is 19.3 Å². The fraction of sp³-hybridized carbons (Fsp3) is 0.550. The van der Waals surface area contributed by atoms with Crippen LogP contribution in [-0.2, 0) is 0 Å². The van der Waals surface area contributed by atoms with E-state index in [0.717, 1.165) is 29.9 Å². The minimum absolute atomic E-state index is 0.117. The zero-order valence-electron chi connectivity index (χ0n) is 15.9. The molecule has 0 radical (unpaired) electrons. The molecule has 7 heteroatoms. The minimum Gasteiger partial charge on any atom is -0.486 e. The summed E-state index contributed by atoms with van der Waals surface area (Å²) < 4.78 is 13.1. The van der Waals surface area contributed by atoms with E-state index in [1.807, 2.05) is 29.8 Å². The maximum Gasteiger partial charge on any atom is 0.276 e. The second-order valence-corrected chi connectivity index (χ2v) is 7.37. The quantitative estimate of drug-likeness (QED) is 0.825. The number of ether oxygens (including phenoxy) is 2. The molecule has 2 heterocycles. The molecule has 0 N–H and O–H groups in total. The zero-order valence-corrected chi connectivity index (χ0v) is 15.9. The minimum atomic E-state index is -0.126. The van der Waals surface area contributed by atoms with Crippen LogP contribution in [-0.4, -0.2) is 46.1 Å². The van der Waals surface area contributed by atoms with Gasteiger partial charge >= 0.3 is 0 Å². The predicted molar refractivity (Wildman–Crippen MR) is 100 cm³/mol. The van der Waals surface area contributed by atoms with E-state index in [9.17, 15) is 4.79 Å². The summed E-state index contributed by atoms with van der Waals surface area (Å²) in [6.45, 7) is 3.11. The Bertz CT molecular complexity index is 813. The van der Waals surface area contributed by atoms with Gasteiger partial charge in [0.1, 0.15) is 13.2 Å². The first kappa shape index (κ1) is 17.8. The zero-order chi connectivity index (χ0) is 18.8. The lowest BCUT2D eigenvalue weighted by atomic mass is 9.96. The summed E-state index contributed by atoms with van der Waals surface area (Å²) in [5.41, 5.74) is 1.39. The molecule has 1 aromatic heterocycles. The van der Waals surface area contributed by atoms with E-state index in [1.54, 1.807) is 18.1 Å². The lowest BCUT2D eigenvalue weighted by Gasteiger charge is -2.26. The van der Waals surface area contributed by atoms with Gasteiger partial charge in [0.2, 0.25) is 0 Å². The van der Waals surface area contributed by atoms with Crippen LogP contribution < -0.4 is 9.47 Å². The first-order valence-corrected chi connectivity index (χ1v) is 9.72. The Balaban J connectivity index is 1.47. The topological polar surface area (TPSA) is 69.5 Å². The molecule has 1 aliphatic heterocycles. The van der Waals surface area contributed by atoms with Crippen molar-refractivity contribution >= 4 is 5.91 Å². The second kappa shape index (κ2) is 7.58. The molecule has 1 saturated carbocycles. The molecule has 27 heavy (non-hydrogen) atoms. The Morgan fingerprint density at radius 2 is 1.93 bits per heavy atom. The molecule has 4 rings (SSSR count). The smallest absolute Gasteiger partial charge is 0.276 e. The van der Waals surface area contributed by atoms with Crippen molar-refractivity contribution in [3.8, 4) is 11.5 Å². The summed E-state index contributed by atoms with van der Waals surface area (Å²) in [4.78, 5) is 14.6. The van der Waals surface area contributed by atoms with Gasteiger partial charge in [0.15, 0.2) is 17.2 Å². The Morgan fingerprint density at radius 1 is 1.19 bits per heavy atom. The van der Waals surface area contributed by atoms with Gasteiger partial charge in [-0.2, -0.15) is 0 Å². The number of nitrogens with zero attached hydrogens (tertiary/aromatic N) is 4. The summed E-state index contributed by atoms with van der Waals surface area (Å²) in [5.74, 6) is 1.36. The van der Waals surface area contributed by atoms with Crippen LogP contribution in [0.2, 0.25) is 0 Å². The fourth-order valence-electron chi connectivity index (χ4n) is 3.80. The largest absolute Gasteiger partial charge is 0.486 e. The molecule has 1 atom stereocenters. The summed E-state index contributed by atoms with van der Waals surface area (Å²) in [7, 11) is 1.80. The number of amides is 1. The van der Waals surface area contributed by atoms with E-state index in [2.05, 4.69) is 10.3 Å². The van der Waals surface area contributed by atoms with Crippen LogP contribution in [0.15, 0.2) is 24.4 Å². The maximum atomic E-state index is 12.9. The number of hydrogen-bond donors (Lipinski definition) is 0. The molecular formula is C20H26N4O3. The predicted octanol–water partition coefficient (Wildman–Crippen LogP) is 3.39. The van der Waals surface area contributed by atoms with Crippen molar-refractivity contribution in [3.63, 3.8) is 0 Å². The maximum absolute atomic E-state index is 12.9. The van der Waals surface area contributed by atoms with Crippen LogP contribution >= 0.6 is 0 Å². The van der Waals surface area contributed by atoms with Gasteiger partial charge in [-0.25, -0.2) is 4.68 Å². The van der Waals surface area contributed by atoms with Crippen LogP contribution in [0.4, 0.5) is 0 Å². The van der Waals surface area contributed by atoms with Crippen molar-refractivity contribution in [1.82, 2.24) is 19.9 Å². The van der Waals surface area contributed by atoms with Gasteiger partial charge in [0, 0.05) is 7.05 Å². The van der Waals surface area contributed by atoms with Crippen LogP contribution in [0.25, 0.3) is 0 Å². The molecule has 0 spiro atoms. The molecule has 1 amide bonds. The van der Waals surface area contributed by atoms with Crippen molar-refractivity contribution in [3.05, 3.63) is 35.7 Å².